The molecule has 0 spiro atoms. The third-order valence-corrected chi connectivity index (χ3v) is 5.36. The molecular weight excluding hydrogens is 424 g/mol. The predicted octanol–water partition coefficient (Wildman–Crippen LogP) is 2.02. The molecule has 2 aromatic carbocycles. The van der Waals surface area contributed by atoms with E-state index in [2.05, 4.69) is 0 Å². The third-order valence-electron chi connectivity index (χ3n) is 5.36. The number of phenolic OH excluding ortho intramolecular Hbond substituents is 4. The van der Waals surface area contributed by atoms with Gasteiger partial charge in [0.05, 0.1) is 34.0 Å². The Morgan fingerprint density at radius 2 is 1.41 bits per heavy atom. The number of esters is 2. The fraction of sp³-hybridized carbons (Fsp3) is 0.273. The summed E-state index contributed by atoms with van der Waals surface area (Å²) in [5.74, 6) is -6.26. The molecule has 0 aliphatic heterocycles. The highest BCUT2D eigenvalue weighted by Gasteiger charge is 2.46. The molecule has 0 aromatic heterocycles. The highest BCUT2D eigenvalue weighted by Crippen LogP contribution is 2.54. The number of carbonyl (C=O) groups is 2. The zero-order chi connectivity index (χ0) is 23.7. The number of rotatable bonds is 5. The van der Waals surface area contributed by atoms with Gasteiger partial charge in [-0.2, -0.15) is 0 Å². The Hall–Kier alpha value is -4.08. The summed E-state index contributed by atoms with van der Waals surface area (Å²) in [7, 11) is 4.89. The van der Waals surface area contributed by atoms with Gasteiger partial charge in [0.1, 0.15) is 17.4 Å². The van der Waals surface area contributed by atoms with E-state index < -0.39 is 46.8 Å². The minimum atomic E-state index is -1.37. The van der Waals surface area contributed by atoms with Gasteiger partial charge in [0.2, 0.25) is 0 Å². The predicted molar refractivity (Wildman–Crippen MR) is 110 cm³/mol. The van der Waals surface area contributed by atoms with Gasteiger partial charge in [-0.15, -0.1) is 0 Å². The minimum absolute atomic E-state index is 0.0216. The van der Waals surface area contributed by atoms with Crippen LogP contribution in [0.4, 0.5) is 0 Å². The van der Waals surface area contributed by atoms with Gasteiger partial charge in [-0.3, -0.25) is 4.79 Å². The Morgan fingerprint density at radius 3 is 1.97 bits per heavy atom. The molecule has 3 rings (SSSR count). The van der Waals surface area contributed by atoms with Crippen molar-refractivity contribution in [3.8, 4) is 34.5 Å². The molecule has 0 bridgehead atoms. The van der Waals surface area contributed by atoms with Crippen molar-refractivity contribution < 1.29 is 49.0 Å². The van der Waals surface area contributed by atoms with E-state index in [1.165, 1.54) is 20.3 Å². The van der Waals surface area contributed by atoms with Crippen LogP contribution in [0.1, 0.15) is 22.6 Å². The summed E-state index contributed by atoms with van der Waals surface area (Å²) < 4.78 is 20.4. The number of ether oxygens (including phenoxy) is 4. The third kappa shape index (κ3) is 3.49. The molecule has 170 valence electrons. The molecule has 2 aromatic rings. The van der Waals surface area contributed by atoms with Crippen molar-refractivity contribution in [2.24, 2.45) is 5.92 Å². The molecule has 10 heteroatoms. The van der Waals surface area contributed by atoms with Crippen LogP contribution in [0.25, 0.3) is 6.08 Å². The molecule has 0 saturated carbocycles. The van der Waals surface area contributed by atoms with Gasteiger partial charge in [-0.05, 0) is 12.1 Å². The highest BCUT2D eigenvalue weighted by molar-refractivity contribution is 6.03. The van der Waals surface area contributed by atoms with Gasteiger partial charge in [0, 0.05) is 34.7 Å². The molecule has 4 N–H and O–H groups in total. The molecule has 1 aliphatic rings. The Morgan fingerprint density at radius 1 is 0.812 bits per heavy atom. The standard InChI is InChI=1S/C22H22O10/c1-29-15-7-13(24)12(23)6-10(15)17-18-9(16(30-2)8-14(25)20(18)26)5-11(21(27)31-3)19(17)22(28)32-4/h5-8,17,19,23-26H,1-4H3/t17-,19-/m0/s1. The zero-order valence-corrected chi connectivity index (χ0v) is 17.7. The van der Waals surface area contributed by atoms with E-state index in [9.17, 15) is 30.0 Å². The van der Waals surface area contributed by atoms with Crippen LogP contribution in [-0.4, -0.2) is 60.8 Å². The smallest absolute Gasteiger partial charge is 0.334 e. The second-order valence-electron chi connectivity index (χ2n) is 6.93. The van der Waals surface area contributed by atoms with Crippen LogP contribution in [0.2, 0.25) is 0 Å². The van der Waals surface area contributed by atoms with E-state index >= 15 is 0 Å². The Labute approximate surface area is 182 Å². The first-order chi connectivity index (χ1) is 15.2. The zero-order valence-electron chi connectivity index (χ0n) is 17.7. The van der Waals surface area contributed by atoms with Crippen molar-refractivity contribution in [3.63, 3.8) is 0 Å². The largest absolute Gasteiger partial charge is 0.504 e. The highest BCUT2D eigenvalue weighted by atomic mass is 16.5. The Balaban J connectivity index is 2.50. The van der Waals surface area contributed by atoms with Gasteiger partial charge in [0.15, 0.2) is 23.0 Å². The molecule has 0 heterocycles. The Bertz CT molecular complexity index is 1120. The molecule has 1 aliphatic carbocycles. The van der Waals surface area contributed by atoms with Gasteiger partial charge < -0.3 is 39.4 Å². The first kappa shape index (κ1) is 22.6. The van der Waals surface area contributed by atoms with E-state index in [4.69, 9.17) is 18.9 Å². The molecule has 0 radical (unpaired) electrons. The minimum Gasteiger partial charge on any atom is -0.504 e. The monoisotopic (exact) mass is 446 g/mol. The second-order valence-corrected chi connectivity index (χ2v) is 6.93. The molecule has 0 unspecified atom stereocenters. The number of carbonyl (C=O) groups excluding carboxylic acids is 2. The number of hydrogen-bond acceptors (Lipinski definition) is 10. The van der Waals surface area contributed by atoms with Crippen LogP contribution < -0.4 is 9.47 Å². The van der Waals surface area contributed by atoms with E-state index in [0.29, 0.717) is 0 Å². The van der Waals surface area contributed by atoms with Crippen molar-refractivity contribution in [2.45, 2.75) is 5.92 Å². The molecule has 2 atom stereocenters. The molecule has 32 heavy (non-hydrogen) atoms. The van der Waals surface area contributed by atoms with Crippen molar-refractivity contribution in [3.05, 3.63) is 40.5 Å². The SMILES string of the molecule is COC(=O)C1=Cc2c(OC)cc(O)c(O)c2[C@H](c2cc(O)c(O)cc2OC)[C@H]1C(=O)OC. The maximum absolute atomic E-state index is 12.9. The number of fused-ring (bicyclic) bond motifs is 1. The summed E-state index contributed by atoms with van der Waals surface area (Å²) in [6.45, 7) is 0. The lowest BCUT2D eigenvalue weighted by molar-refractivity contribution is -0.147. The lowest BCUT2D eigenvalue weighted by atomic mass is 9.70. The lowest BCUT2D eigenvalue weighted by Gasteiger charge is -2.34. The average Bonchev–Trinajstić information content (AvgIpc) is 2.80. The summed E-state index contributed by atoms with van der Waals surface area (Å²) in [5.41, 5.74) is 0.225. The van der Waals surface area contributed by atoms with Gasteiger partial charge in [-0.1, -0.05) is 0 Å². The summed E-state index contributed by atoms with van der Waals surface area (Å²) in [6.07, 6.45) is 1.31. The van der Waals surface area contributed by atoms with Crippen LogP contribution in [0, 0.1) is 5.92 Å². The maximum Gasteiger partial charge on any atom is 0.334 e. The fourth-order valence-electron chi connectivity index (χ4n) is 3.92. The van der Waals surface area contributed by atoms with Crippen molar-refractivity contribution in [1.29, 1.82) is 0 Å². The maximum atomic E-state index is 12.9. The van der Waals surface area contributed by atoms with Crippen LogP contribution >= 0.6 is 0 Å². The van der Waals surface area contributed by atoms with Crippen molar-refractivity contribution in [2.75, 3.05) is 28.4 Å². The van der Waals surface area contributed by atoms with Gasteiger partial charge in [-0.25, -0.2) is 4.79 Å². The van der Waals surface area contributed by atoms with E-state index in [1.807, 2.05) is 0 Å². The summed E-state index contributed by atoms with van der Waals surface area (Å²) >= 11 is 0. The van der Waals surface area contributed by atoms with E-state index in [-0.39, 0.29) is 33.8 Å². The van der Waals surface area contributed by atoms with Crippen LogP contribution in [0.15, 0.2) is 23.8 Å². The molecular formula is C22H22O10. The van der Waals surface area contributed by atoms with Gasteiger partial charge >= 0.3 is 11.9 Å². The number of aromatic hydroxyl groups is 4. The van der Waals surface area contributed by atoms with Crippen molar-refractivity contribution >= 4 is 18.0 Å². The first-order valence-electron chi connectivity index (χ1n) is 9.30. The quantitative estimate of drug-likeness (QED) is 0.396. The Kier molecular flexibility index (Phi) is 6.06. The molecule has 0 amide bonds. The van der Waals surface area contributed by atoms with Crippen LogP contribution in [0.5, 0.6) is 34.5 Å². The second kappa shape index (κ2) is 8.58. The molecule has 10 nitrogen and oxygen atoms in total. The van der Waals surface area contributed by atoms with Crippen LogP contribution in [-0.2, 0) is 19.1 Å². The number of benzene rings is 2. The summed E-state index contributed by atoms with van der Waals surface area (Å²) in [4.78, 5) is 25.5. The van der Waals surface area contributed by atoms with E-state index in [1.54, 1.807) is 0 Å². The summed E-state index contributed by atoms with van der Waals surface area (Å²) in [6, 6.07) is 3.40. The first-order valence-corrected chi connectivity index (χ1v) is 9.30. The van der Waals surface area contributed by atoms with Crippen molar-refractivity contribution in [1.82, 2.24) is 0 Å². The molecule has 0 fully saturated rings. The number of hydrogen-bond donors (Lipinski definition) is 4. The normalized spacial score (nSPS) is 17.1. The summed E-state index contributed by atoms with van der Waals surface area (Å²) in [5, 5.41) is 41.2. The fourth-order valence-corrected chi connectivity index (χ4v) is 3.92. The average molecular weight is 446 g/mol. The van der Waals surface area contributed by atoms with E-state index in [0.717, 1.165) is 32.4 Å². The van der Waals surface area contributed by atoms with Gasteiger partial charge in [0.25, 0.3) is 0 Å². The van der Waals surface area contributed by atoms with Crippen LogP contribution in [0.3, 0.4) is 0 Å². The topological polar surface area (TPSA) is 152 Å². The molecule has 0 saturated heterocycles. The number of methoxy groups -OCH3 is 4. The number of phenols is 4. The lowest BCUT2D eigenvalue weighted by Crippen LogP contribution is -2.33.